The van der Waals surface area contributed by atoms with Crippen molar-refractivity contribution in [3.63, 3.8) is 0 Å². The van der Waals surface area contributed by atoms with E-state index >= 15 is 0 Å². The summed E-state index contributed by atoms with van der Waals surface area (Å²) in [6.45, 7) is 6.65. The first-order valence-electron chi connectivity index (χ1n) is 5.79. The summed E-state index contributed by atoms with van der Waals surface area (Å²) >= 11 is 0.866. The van der Waals surface area contributed by atoms with Gasteiger partial charge in [0, 0.05) is 5.69 Å². The van der Waals surface area contributed by atoms with E-state index in [-0.39, 0.29) is 22.0 Å². The van der Waals surface area contributed by atoms with Crippen molar-refractivity contribution >= 4 is 23.7 Å². The maximum atomic E-state index is 11.6. The molecule has 110 valence electrons. The molecule has 0 bridgehead atoms. The van der Waals surface area contributed by atoms with Gasteiger partial charge in [0.05, 0.1) is 5.75 Å². The number of aryl methyl sites for hydroxylation is 1. The molecule has 0 aliphatic carbocycles. The predicted molar refractivity (Wildman–Crippen MR) is 73.1 cm³/mol. The van der Waals surface area contributed by atoms with Crippen molar-refractivity contribution in [1.29, 1.82) is 0 Å². The summed E-state index contributed by atoms with van der Waals surface area (Å²) in [5, 5.41) is 9.10. The van der Waals surface area contributed by atoms with Gasteiger partial charge in [-0.3, -0.25) is 4.79 Å². The Hall–Kier alpha value is -1.83. The molecule has 20 heavy (non-hydrogen) atoms. The van der Waals surface area contributed by atoms with Crippen molar-refractivity contribution in [1.82, 2.24) is 9.97 Å². The highest BCUT2D eigenvalue weighted by molar-refractivity contribution is 8.00. The Labute approximate surface area is 119 Å². The second kappa shape index (κ2) is 6.08. The predicted octanol–water partition coefficient (Wildman–Crippen LogP) is 1.21. The van der Waals surface area contributed by atoms with Crippen LogP contribution in [0.3, 0.4) is 0 Å². The fourth-order valence-electron chi connectivity index (χ4n) is 1.41. The topological polar surface area (TPSA) is 109 Å². The van der Waals surface area contributed by atoms with Crippen LogP contribution in [0.15, 0.2) is 9.82 Å². The van der Waals surface area contributed by atoms with E-state index < -0.39 is 23.2 Å². The molecule has 0 amide bonds. The van der Waals surface area contributed by atoms with Crippen LogP contribution >= 0.6 is 11.8 Å². The molecule has 7 nitrogen and oxygen atoms in total. The third-order valence-corrected chi connectivity index (χ3v) is 3.00. The van der Waals surface area contributed by atoms with Gasteiger partial charge in [0.25, 0.3) is 0 Å². The molecule has 0 saturated heterocycles. The lowest BCUT2D eigenvalue weighted by Gasteiger charge is -2.19. The van der Waals surface area contributed by atoms with Crippen LogP contribution in [-0.2, 0) is 9.53 Å². The second-order valence-corrected chi connectivity index (χ2v) is 5.99. The Morgan fingerprint density at radius 2 is 2.00 bits per heavy atom. The number of H-pyrrole nitrogens is 1. The van der Waals surface area contributed by atoms with Crippen LogP contribution in [0.2, 0.25) is 0 Å². The molecule has 0 spiro atoms. The molecular weight excluding hydrogens is 284 g/mol. The lowest BCUT2D eigenvalue weighted by molar-refractivity contribution is -0.151. The van der Waals surface area contributed by atoms with E-state index in [2.05, 4.69) is 9.97 Å². The highest BCUT2D eigenvalue weighted by atomic mass is 32.2. The highest BCUT2D eigenvalue weighted by Crippen LogP contribution is 2.21. The summed E-state index contributed by atoms with van der Waals surface area (Å²) in [4.78, 5) is 39.9. The first-order valence-corrected chi connectivity index (χ1v) is 6.77. The second-order valence-electron chi connectivity index (χ2n) is 5.03. The maximum absolute atomic E-state index is 11.6. The quantitative estimate of drug-likeness (QED) is 0.488. The normalized spacial score (nSPS) is 11.2. The van der Waals surface area contributed by atoms with E-state index in [4.69, 9.17) is 9.84 Å². The molecular formula is C12H16N2O5S. The Morgan fingerprint density at radius 1 is 1.40 bits per heavy atom. The van der Waals surface area contributed by atoms with Crippen molar-refractivity contribution in [2.45, 2.75) is 38.3 Å². The molecule has 0 aliphatic rings. The van der Waals surface area contributed by atoms with Gasteiger partial charge in [-0.1, -0.05) is 11.8 Å². The smallest absolute Gasteiger partial charge is 0.346 e. The van der Waals surface area contributed by atoms with Gasteiger partial charge in [0.15, 0.2) is 0 Å². The van der Waals surface area contributed by atoms with Crippen LogP contribution in [-0.4, -0.2) is 38.4 Å². The van der Waals surface area contributed by atoms with Crippen molar-refractivity contribution in [2.24, 2.45) is 0 Å². The van der Waals surface area contributed by atoms with Gasteiger partial charge in [-0.15, -0.1) is 0 Å². The number of carbonyl (C=O) groups is 2. The molecule has 0 aliphatic heterocycles. The summed E-state index contributed by atoms with van der Waals surface area (Å²) in [7, 11) is 0. The average Bonchev–Trinajstić information content (AvgIpc) is 2.22. The zero-order chi connectivity index (χ0) is 15.5. The lowest BCUT2D eigenvalue weighted by Crippen LogP contribution is -2.25. The van der Waals surface area contributed by atoms with E-state index in [1.54, 1.807) is 20.8 Å². The molecule has 0 fully saturated rings. The van der Waals surface area contributed by atoms with E-state index in [1.165, 1.54) is 6.92 Å². The Morgan fingerprint density at radius 3 is 2.50 bits per heavy atom. The number of ether oxygens (including phenoxy) is 1. The zero-order valence-corrected chi connectivity index (χ0v) is 12.5. The van der Waals surface area contributed by atoms with Crippen LogP contribution in [0.1, 0.15) is 36.8 Å². The number of hydrogen-bond acceptors (Lipinski definition) is 6. The van der Waals surface area contributed by atoms with Gasteiger partial charge in [-0.25, -0.2) is 9.59 Å². The third kappa shape index (κ3) is 4.69. The van der Waals surface area contributed by atoms with Crippen LogP contribution in [0.4, 0.5) is 0 Å². The minimum Gasteiger partial charge on any atom is -0.478 e. The minimum atomic E-state index is -1.21. The third-order valence-electron chi connectivity index (χ3n) is 2.05. The first kappa shape index (κ1) is 16.2. The van der Waals surface area contributed by atoms with E-state index in [9.17, 15) is 14.4 Å². The fourth-order valence-corrected chi connectivity index (χ4v) is 2.26. The number of aromatic nitrogens is 2. The summed E-state index contributed by atoms with van der Waals surface area (Å²) < 4.78 is 5.10. The summed E-state index contributed by atoms with van der Waals surface area (Å²) in [6, 6.07) is 0. The van der Waals surface area contributed by atoms with Gasteiger partial charge in [0.2, 0.25) is 0 Å². The Bertz CT molecular complexity index is 588. The molecule has 8 heteroatoms. The summed E-state index contributed by atoms with van der Waals surface area (Å²) in [6.07, 6.45) is 0. The average molecular weight is 300 g/mol. The molecule has 0 unspecified atom stereocenters. The number of carboxylic acids is 1. The Kier molecular flexibility index (Phi) is 4.93. The molecule has 1 heterocycles. The molecule has 0 aromatic carbocycles. The number of rotatable bonds is 4. The molecule has 0 radical (unpaired) electrons. The van der Waals surface area contributed by atoms with Gasteiger partial charge in [0.1, 0.15) is 16.2 Å². The Balaban J connectivity index is 2.90. The molecule has 0 saturated carbocycles. The zero-order valence-electron chi connectivity index (χ0n) is 11.6. The molecule has 1 aromatic rings. The van der Waals surface area contributed by atoms with E-state index in [0.29, 0.717) is 0 Å². The largest absolute Gasteiger partial charge is 0.478 e. The molecule has 0 atom stereocenters. The molecule has 2 N–H and O–H groups in total. The van der Waals surface area contributed by atoms with Crippen molar-refractivity contribution in [2.75, 3.05) is 5.75 Å². The van der Waals surface area contributed by atoms with Gasteiger partial charge in [-0.2, -0.15) is 4.98 Å². The van der Waals surface area contributed by atoms with Gasteiger partial charge in [-0.05, 0) is 27.7 Å². The van der Waals surface area contributed by atoms with Crippen molar-refractivity contribution in [3.05, 3.63) is 21.7 Å². The SMILES string of the molecule is Cc1[nH]c(=O)nc(SCC(=O)OC(C)(C)C)c1C(=O)O. The van der Waals surface area contributed by atoms with Gasteiger partial charge >= 0.3 is 17.6 Å². The number of esters is 1. The lowest BCUT2D eigenvalue weighted by atomic mass is 10.2. The number of aromatic amines is 1. The van der Waals surface area contributed by atoms with Crippen LogP contribution in [0.5, 0.6) is 0 Å². The number of nitrogens with zero attached hydrogens (tertiary/aromatic N) is 1. The number of aromatic carboxylic acids is 1. The van der Waals surface area contributed by atoms with Crippen molar-refractivity contribution < 1.29 is 19.4 Å². The summed E-state index contributed by atoms with van der Waals surface area (Å²) in [5.41, 5.74) is -1.19. The number of carbonyl (C=O) groups excluding carboxylic acids is 1. The van der Waals surface area contributed by atoms with E-state index in [1.807, 2.05) is 0 Å². The summed E-state index contributed by atoms with van der Waals surface area (Å²) in [5.74, 6) is -1.83. The van der Waals surface area contributed by atoms with Crippen LogP contribution in [0, 0.1) is 6.92 Å². The van der Waals surface area contributed by atoms with Gasteiger partial charge < -0.3 is 14.8 Å². The first-order chi connectivity index (χ1) is 9.10. The standard InChI is InChI=1S/C12H16N2O5S/c1-6-8(10(16)17)9(14-11(18)13-6)20-5-7(15)19-12(2,3)4/h5H2,1-4H3,(H,16,17)(H,13,14,18). The van der Waals surface area contributed by atoms with Crippen LogP contribution in [0.25, 0.3) is 0 Å². The van der Waals surface area contributed by atoms with Crippen LogP contribution < -0.4 is 5.69 Å². The number of thioether (sulfide) groups is 1. The fraction of sp³-hybridized carbons (Fsp3) is 0.500. The highest BCUT2D eigenvalue weighted by Gasteiger charge is 2.20. The number of nitrogens with one attached hydrogen (secondary N) is 1. The number of carboxylic acid groups (broad SMARTS) is 1. The van der Waals surface area contributed by atoms with Crippen molar-refractivity contribution in [3.8, 4) is 0 Å². The molecule has 1 rings (SSSR count). The number of hydrogen-bond donors (Lipinski definition) is 2. The maximum Gasteiger partial charge on any atom is 0.346 e. The minimum absolute atomic E-state index is 0.00427. The monoisotopic (exact) mass is 300 g/mol. The van der Waals surface area contributed by atoms with E-state index in [0.717, 1.165) is 11.8 Å². The molecule has 1 aromatic heterocycles.